The molecular formula is C23H19FN4OS. The summed E-state index contributed by atoms with van der Waals surface area (Å²) in [5.41, 5.74) is 3.38. The molecule has 7 heteroatoms. The van der Waals surface area contributed by atoms with E-state index in [1.807, 2.05) is 55.5 Å². The molecule has 4 aromatic rings. The minimum absolute atomic E-state index is 0.0958. The smallest absolute Gasteiger partial charge is 0.221 e. The van der Waals surface area contributed by atoms with Crippen LogP contribution in [0, 0.1) is 12.7 Å². The van der Waals surface area contributed by atoms with Crippen molar-refractivity contribution in [3.63, 3.8) is 0 Å². The molecule has 2 N–H and O–H groups in total. The number of fused-ring (bicyclic) bond motifs is 1. The first-order valence-electron chi connectivity index (χ1n) is 9.36. The molecule has 1 aromatic heterocycles. The van der Waals surface area contributed by atoms with Gasteiger partial charge in [0, 0.05) is 16.6 Å². The second-order valence-corrected chi connectivity index (χ2v) is 7.25. The van der Waals surface area contributed by atoms with Crippen molar-refractivity contribution in [2.75, 3.05) is 5.32 Å². The number of hydrogen-bond acceptors (Lipinski definition) is 3. The van der Waals surface area contributed by atoms with Crippen molar-refractivity contribution < 1.29 is 9.50 Å². The third-order valence-electron chi connectivity index (χ3n) is 4.71. The van der Waals surface area contributed by atoms with E-state index < -0.39 is 0 Å². The van der Waals surface area contributed by atoms with Crippen molar-refractivity contribution in [1.29, 1.82) is 0 Å². The molecule has 0 bridgehead atoms. The van der Waals surface area contributed by atoms with Gasteiger partial charge < -0.3 is 15.0 Å². The minimum atomic E-state index is -0.332. The highest BCUT2D eigenvalue weighted by Gasteiger charge is 2.17. The van der Waals surface area contributed by atoms with Gasteiger partial charge in [-0.05, 0) is 49.0 Å². The van der Waals surface area contributed by atoms with E-state index in [0.717, 1.165) is 16.8 Å². The van der Waals surface area contributed by atoms with Gasteiger partial charge in [-0.3, -0.25) is 0 Å². The lowest BCUT2D eigenvalue weighted by Gasteiger charge is -2.08. The fourth-order valence-electron chi connectivity index (χ4n) is 3.29. The Hall–Kier alpha value is -3.58. The molecule has 0 fully saturated rings. The molecule has 0 aliphatic rings. The van der Waals surface area contributed by atoms with E-state index in [-0.39, 0.29) is 29.0 Å². The van der Waals surface area contributed by atoms with E-state index in [2.05, 4.69) is 15.5 Å². The second kappa shape index (κ2) is 8.42. The van der Waals surface area contributed by atoms with Gasteiger partial charge >= 0.3 is 0 Å². The first-order valence-corrected chi connectivity index (χ1v) is 9.77. The molecule has 0 radical (unpaired) electrons. The number of thiocarbonyl (C=S) groups is 1. The van der Waals surface area contributed by atoms with Gasteiger partial charge in [0.15, 0.2) is 5.69 Å². The number of para-hydroxylation sites is 1. The third kappa shape index (κ3) is 4.06. The number of halogens is 1. The van der Waals surface area contributed by atoms with Crippen LogP contribution in [0.2, 0.25) is 0 Å². The number of rotatable bonds is 4. The summed E-state index contributed by atoms with van der Waals surface area (Å²) in [5.74, 6) is -0.428. The summed E-state index contributed by atoms with van der Waals surface area (Å²) in [5, 5.41) is 23.0. The molecule has 0 saturated heterocycles. The monoisotopic (exact) mass is 418 g/mol. The van der Waals surface area contributed by atoms with Crippen molar-refractivity contribution in [3.05, 3.63) is 89.7 Å². The van der Waals surface area contributed by atoms with E-state index in [4.69, 9.17) is 12.2 Å². The number of aromatic nitrogens is 1. The van der Waals surface area contributed by atoms with Gasteiger partial charge in [0.05, 0.1) is 12.1 Å². The SMILES string of the molecule is Cc1cccc(NC(=S)N=Nc2c(O)n(Cc3ccccc3F)c3ccccc23)c1. The van der Waals surface area contributed by atoms with E-state index in [9.17, 15) is 9.50 Å². The Morgan fingerprint density at radius 3 is 2.63 bits per heavy atom. The van der Waals surface area contributed by atoms with Gasteiger partial charge in [-0.25, -0.2) is 4.39 Å². The molecule has 0 amide bonds. The number of azo groups is 1. The summed E-state index contributed by atoms with van der Waals surface area (Å²) in [6.07, 6.45) is 0. The highest BCUT2D eigenvalue weighted by atomic mass is 32.1. The summed E-state index contributed by atoms with van der Waals surface area (Å²) < 4.78 is 15.8. The van der Waals surface area contributed by atoms with Gasteiger partial charge in [-0.15, -0.1) is 10.2 Å². The zero-order chi connectivity index (χ0) is 21.1. The third-order valence-corrected chi connectivity index (χ3v) is 4.90. The number of anilines is 1. The molecular weight excluding hydrogens is 399 g/mol. The average molecular weight is 418 g/mol. The Kier molecular flexibility index (Phi) is 5.54. The maximum Gasteiger partial charge on any atom is 0.221 e. The molecule has 1 heterocycles. The van der Waals surface area contributed by atoms with Crippen molar-refractivity contribution in [3.8, 4) is 5.88 Å². The minimum Gasteiger partial charge on any atom is -0.493 e. The molecule has 0 aliphatic carbocycles. The molecule has 0 saturated carbocycles. The fourth-order valence-corrected chi connectivity index (χ4v) is 3.45. The van der Waals surface area contributed by atoms with Crippen LogP contribution in [0.1, 0.15) is 11.1 Å². The Morgan fingerprint density at radius 1 is 1.07 bits per heavy atom. The summed E-state index contributed by atoms with van der Waals surface area (Å²) in [7, 11) is 0. The number of benzene rings is 3. The lowest BCUT2D eigenvalue weighted by Crippen LogP contribution is -2.04. The molecule has 3 aromatic carbocycles. The standard InChI is InChI=1S/C23H19FN4OS/c1-15-7-6-9-17(13-15)25-23(30)27-26-21-18-10-3-5-12-20(18)28(22(21)29)14-16-8-2-4-11-19(16)24/h2-13,29H,14H2,1H3,(H,25,30). The van der Waals surface area contributed by atoms with Crippen molar-refractivity contribution in [2.45, 2.75) is 13.5 Å². The quantitative estimate of drug-likeness (QED) is 0.301. The number of aryl methyl sites for hydroxylation is 1. The predicted molar refractivity (Wildman–Crippen MR) is 121 cm³/mol. The zero-order valence-corrected chi connectivity index (χ0v) is 17.0. The Morgan fingerprint density at radius 2 is 1.83 bits per heavy atom. The van der Waals surface area contributed by atoms with Gasteiger partial charge in [0.25, 0.3) is 0 Å². The lowest BCUT2D eigenvalue weighted by atomic mass is 10.2. The number of nitrogens with one attached hydrogen (secondary N) is 1. The normalized spacial score (nSPS) is 11.3. The maximum absolute atomic E-state index is 14.1. The topological polar surface area (TPSA) is 61.9 Å². The molecule has 0 aliphatic heterocycles. The fraction of sp³-hybridized carbons (Fsp3) is 0.0870. The molecule has 0 atom stereocenters. The van der Waals surface area contributed by atoms with Gasteiger partial charge in [-0.2, -0.15) is 0 Å². The van der Waals surface area contributed by atoms with Crippen LogP contribution >= 0.6 is 12.2 Å². The van der Waals surface area contributed by atoms with Gasteiger partial charge in [0.1, 0.15) is 5.82 Å². The first-order chi connectivity index (χ1) is 14.5. The Bertz CT molecular complexity index is 1270. The van der Waals surface area contributed by atoms with Crippen molar-refractivity contribution >= 4 is 39.6 Å². The molecule has 0 spiro atoms. The van der Waals surface area contributed by atoms with Crippen LogP contribution in [0.25, 0.3) is 10.9 Å². The first kappa shape index (κ1) is 19.7. The van der Waals surface area contributed by atoms with Crippen LogP contribution in [0.5, 0.6) is 5.88 Å². The summed E-state index contributed by atoms with van der Waals surface area (Å²) in [6.45, 7) is 2.15. The largest absolute Gasteiger partial charge is 0.493 e. The second-order valence-electron chi connectivity index (χ2n) is 6.87. The van der Waals surface area contributed by atoms with Crippen LogP contribution < -0.4 is 5.32 Å². The molecule has 4 rings (SSSR count). The average Bonchev–Trinajstić information content (AvgIpc) is 2.99. The van der Waals surface area contributed by atoms with Gasteiger partial charge in [0.2, 0.25) is 11.0 Å². The number of hydrogen-bond donors (Lipinski definition) is 2. The Balaban J connectivity index is 1.66. The van der Waals surface area contributed by atoms with Crippen molar-refractivity contribution in [1.82, 2.24) is 4.57 Å². The highest BCUT2D eigenvalue weighted by Crippen LogP contribution is 2.39. The lowest BCUT2D eigenvalue weighted by molar-refractivity contribution is 0.428. The molecule has 150 valence electrons. The van der Waals surface area contributed by atoms with Crippen LogP contribution in [0.4, 0.5) is 15.8 Å². The van der Waals surface area contributed by atoms with E-state index in [1.54, 1.807) is 22.8 Å². The van der Waals surface area contributed by atoms with E-state index in [1.165, 1.54) is 6.07 Å². The van der Waals surface area contributed by atoms with Crippen LogP contribution in [0.15, 0.2) is 83.0 Å². The van der Waals surface area contributed by atoms with Crippen LogP contribution in [-0.4, -0.2) is 14.8 Å². The molecule has 30 heavy (non-hydrogen) atoms. The summed E-state index contributed by atoms with van der Waals surface area (Å²) in [4.78, 5) is 0. The number of nitrogens with zero attached hydrogens (tertiary/aromatic N) is 3. The zero-order valence-electron chi connectivity index (χ0n) is 16.2. The van der Waals surface area contributed by atoms with Gasteiger partial charge in [-0.1, -0.05) is 48.5 Å². The predicted octanol–water partition coefficient (Wildman–Crippen LogP) is 6.32. The van der Waals surface area contributed by atoms with Crippen LogP contribution in [0.3, 0.4) is 0 Å². The highest BCUT2D eigenvalue weighted by molar-refractivity contribution is 7.80. The van der Waals surface area contributed by atoms with E-state index in [0.29, 0.717) is 10.9 Å². The Labute approximate surface area is 178 Å². The maximum atomic E-state index is 14.1. The summed E-state index contributed by atoms with van der Waals surface area (Å²) >= 11 is 5.26. The molecule has 0 unspecified atom stereocenters. The molecule has 5 nitrogen and oxygen atoms in total. The number of aromatic hydroxyl groups is 1. The van der Waals surface area contributed by atoms with Crippen molar-refractivity contribution in [2.24, 2.45) is 10.2 Å². The van der Waals surface area contributed by atoms with Crippen LogP contribution in [-0.2, 0) is 6.54 Å². The van der Waals surface area contributed by atoms with E-state index >= 15 is 0 Å². The summed E-state index contributed by atoms with van der Waals surface area (Å²) in [6, 6.07) is 21.6.